The molecule has 0 saturated carbocycles. The van der Waals surface area contributed by atoms with Crippen molar-refractivity contribution in [3.63, 3.8) is 0 Å². The fourth-order valence-electron chi connectivity index (χ4n) is 2.95. The van der Waals surface area contributed by atoms with E-state index in [1.165, 1.54) is 0 Å². The third-order valence-corrected chi connectivity index (χ3v) is 4.12. The average molecular weight is 276 g/mol. The molecular formula is C15H20N2O3. The number of nitrogens with zero attached hydrogens (tertiary/aromatic N) is 1. The lowest BCUT2D eigenvalue weighted by molar-refractivity contribution is 0.0926. The average Bonchev–Trinajstić information content (AvgIpc) is 2.84. The molecule has 5 heteroatoms. The van der Waals surface area contributed by atoms with Gasteiger partial charge in [0.1, 0.15) is 11.9 Å². The molecule has 0 bridgehead atoms. The van der Waals surface area contributed by atoms with Gasteiger partial charge in [0.15, 0.2) is 0 Å². The van der Waals surface area contributed by atoms with Crippen LogP contribution in [0.25, 0.3) is 0 Å². The highest BCUT2D eigenvalue weighted by Crippen LogP contribution is 2.26. The lowest BCUT2D eigenvalue weighted by Gasteiger charge is -2.26. The van der Waals surface area contributed by atoms with Crippen LogP contribution in [0.4, 0.5) is 4.79 Å². The lowest BCUT2D eigenvalue weighted by atomic mass is 9.94. The molecule has 3 rings (SSSR count). The minimum atomic E-state index is -0.274. The number of phenolic OH excluding ortho intramolecular Hbond substituents is 1. The van der Waals surface area contributed by atoms with Crippen molar-refractivity contribution < 1.29 is 14.6 Å². The number of ether oxygens (including phenoxy) is 1. The quantitative estimate of drug-likeness (QED) is 0.882. The van der Waals surface area contributed by atoms with Gasteiger partial charge in [-0.3, -0.25) is 0 Å². The molecule has 2 fully saturated rings. The Kier molecular flexibility index (Phi) is 3.78. The number of carbonyl (C=O) groups excluding carboxylic acids is 1. The van der Waals surface area contributed by atoms with Crippen molar-refractivity contribution in [1.82, 2.24) is 10.2 Å². The summed E-state index contributed by atoms with van der Waals surface area (Å²) in [6, 6.07) is 7.11. The zero-order chi connectivity index (χ0) is 13.9. The molecule has 1 aromatic rings. The smallest absolute Gasteiger partial charge is 0.410 e. The van der Waals surface area contributed by atoms with Crippen molar-refractivity contribution in [2.24, 2.45) is 5.92 Å². The minimum Gasteiger partial charge on any atom is -0.508 e. The number of aromatic hydroxyl groups is 1. The van der Waals surface area contributed by atoms with Gasteiger partial charge in [-0.05, 0) is 25.5 Å². The number of piperidine rings is 1. The maximum Gasteiger partial charge on any atom is 0.410 e. The molecule has 0 aromatic heterocycles. The van der Waals surface area contributed by atoms with Gasteiger partial charge in [-0.2, -0.15) is 0 Å². The van der Waals surface area contributed by atoms with E-state index >= 15 is 0 Å². The van der Waals surface area contributed by atoms with Crippen LogP contribution in [-0.4, -0.2) is 41.8 Å². The highest BCUT2D eigenvalue weighted by Gasteiger charge is 2.37. The van der Waals surface area contributed by atoms with Gasteiger partial charge in [0.2, 0.25) is 0 Å². The first-order valence-electron chi connectivity index (χ1n) is 7.17. The number of para-hydroxylation sites is 1. The Balaban J connectivity index is 1.63. The fraction of sp³-hybridized carbons (Fsp3) is 0.533. The van der Waals surface area contributed by atoms with Crippen LogP contribution in [0.15, 0.2) is 24.3 Å². The van der Waals surface area contributed by atoms with Crippen LogP contribution in [0.3, 0.4) is 0 Å². The Bertz CT molecular complexity index is 486. The molecule has 0 radical (unpaired) electrons. The molecule has 2 N–H and O–H groups in total. The molecule has 108 valence electrons. The summed E-state index contributed by atoms with van der Waals surface area (Å²) >= 11 is 0. The molecule has 0 aliphatic carbocycles. The largest absolute Gasteiger partial charge is 0.508 e. The van der Waals surface area contributed by atoms with Crippen molar-refractivity contribution in [1.29, 1.82) is 0 Å². The van der Waals surface area contributed by atoms with E-state index in [9.17, 15) is 9.90 Å². The molecule has 2 aliphatic heterocycles. The van der Waals surface area contributed by atoms with Gasteiger partial charge in [-0.1, -0.05) is 18.2 Å². The normalized spacial score (nSPS) is 26.6. The van der Waals surface area contributed by atoms with E-state index in [2.05, 4.69) is 5.32 Å². The van der Waals surface area contributed by atoms with Gasteiger partial charge in [-0.25, -0.2) is 4.79 Å². The lowest BCUT2D eigenvalue weighted by Crippen LogP contribution is -2.38. The van der Waals surface area contributed by atoms with E-state index in [0.29, 0.717) is 19.0 Å². The second-order valence-corrected chi connectivity index (χ2v) is 5.54. The molecule has 20 heavy (non-hydrogen) atoms. The Labute approximate surface area is 118 Å². The topological polar surface area (TPSA) is 61.8 Å². The first-order chi connectivity index (χ1) is 9.74. The van der Waals surface area contributed by atoms with E-state index < -0.39 is 0 Å². The van der Waals surface area contributed by atoms with E-state index in [1.807, 2.05) is 12.1 Å². The summed E-state index contributed by atoms with van der Waals surface area (Å²) in [6.45, 7) is 2.99. The molecule has 1 aromatic carbocycles. The van der Waals surface area contributed by atoms with Gasteiger partial charge in [0.25, 0.3) is 0 Å². The molecule has 2 saturated heterocycles. The summed E-state index contributed by atoms with van der Waals surface area (Å²) in [5.41, 5.74) is 0.756. The predicted octanol–water partition coefficient (Wildman–Crippen LogP) is 1.71. The molecule has 2 heterocycles. The Morgan fingerprint density at radius 1 is 1.40 bits per heavy atom. The van der Waals surface area contributed by atoms with Crippen molar-refractivity contribution in [3.05, 3.63) is 29.8 Å². The SMILES string of the molecule is O=C1OC(C2CCCNC2)CN1Cc1ccccc1O. The van der Waals surface area contributed by atoms with Gasteiger partial charge < -0.3 is 20.1 Å². The molecule has 2 atom stereocenters. The number of rotatable bonds is 3. The molecule has 1 amide bonds. The summed E-state index contributed by atoms with van der Waals surface area (Å²) in [4.78, 5) is 13.6. The first-order valence-corrected chi connectivity index (χ1v) is 7.17. The van der Waals surface area contributed by atoms with E-state index in [0.717, 1.165) is 31.5 Å². The number of carbonyl (C=O) groups is 1. The number of amides is 1. The van der Waals surface area contributed by atoms with Crippen LogP contribution in [0.2, 0.25) is 0 Å². The minimum absolute atomic E-state index is 0.0267. The van der Waals surface area contributed by atoms with E-state index in [-0.39, 0.29) is 17.9 Å². The van der Waals surface area contributed by atoms with Crippen molar-refractivity contribution in [2.45, 2.75) is 25.5 Å². The van der Waals surface area contributed by atoms with Gasteiger partial charge in [-0.15, -0.1) is 0 Å². The Morgan fingerprint density at radius 3 is 3.00 bits per heavy atom. The zero-order valence-electron chi connectivity index (χ0n) is 11.4. The van der Waals surface area contributed by atoms with Crippen LogP contribution < -0.4 is 5.32 Å². The van der Waals surface area contributed by atoms with Crippen LogP contribution in [-0.2, 0) is 11.3 Å². The van der Waals surface area contributed by atoms with Crippen LogP contribution >= 0.6 is 0 Å². The number of benzene rings is 1. The summed E-state index contributed by atoms with van der Waals surface area (Å²) in [5.74, 6) is 0.630. The van der Waals surface area contributed by atoms with Crippen molar-refractivity contribution in [3.8, 4) is 5.75 Å². The van der Waals surface area contributed by atoms with Crippen molar-refractivity contribution in [2.75, 3.05) is 19.6 Å². The fourth-order valence-corrected chi connectivity index (χ4v) is 2.95. The second-order valence-electron chi connectivity index (χ2n) is 5.54. The van der Waals surface area contributed by atoms with Crippen molar-refractivity contribution >= 4 is 6.09 Å². The van der Waals surface area contributed by atoms with E-state index in [4.69, 9.17) is 4.74 Å². The number of phenols is 1. The number of nitrogens with one attached hydrogen (secondary N) is 1. The van der Waals surface area contributed by atoms with Crippen LogP contribution in [0, 0.1) is 5.92 Å². The number of hydrogen-bond donors (Lipinski definition) is 2. The van der Waals surface area contributed by atoms with Gasteiger partial charge in [0, 0.05) is 18.0 Å². The zero-order valence-corrected chi connectivity index (χ0v) is 11.4. The standard InChI is InChI=1S/C15H20N2O3/c18-13-6-2-1-4-12(13)9-17-10-14(20-15(17)19)11-5-3-7-16-8-11/h1-2,4,6,11,14,16,18H,3,5,7-10H2. The summed E-state index contributed by atoms with van der Waals surface area (Å²) < 4.78 is 5.49. The van der Waals surface area contributed by atoms with E-state index in [1.54, 1.807) is 17.0 Å². The monoisotopic (exact) mass is 276 g/mol. The Morgan fingerprint density at radius 2 is 2.25 bits per heavy atom. The molecule has 2 aliphatic rings. The first kappa shape index (κ1) is 13.2. The third-order valence-electron chi connectivity index (χ3n) is 4.12. The maximum atomic E-state index is 11.9. The highest BCUT2D eigenvalue weighted by atomic mass is 16.6. The summed E-state index contributed by atoms with van der Waals surface area (Å²) in [5, 5.41) is 13.1. The number of cyclic esters (lactones) is 1. The molecule has 5 nitrogen and oxygen atoms in total. The van der Waals surface area contributed by atoms with Gasteiger partial charge >= 0.3 is 6.09 Å². The number of hydrogen-bond acceptors (Lipinski definition) is 4. The molecule has 0 spiro atoms. The summed E-state index contributed by atoms with van der Waals surface area (Å²) in [7, 11) is 0. The predicted molar refractivity (Wildman–Crippen MR) is 74.4 cm³/mol. The summed E-state index contributed by atoms with van der Waals surface area (Å²) in [6.07, 6.45) is 1.94. The highest BCUT2D eigenvalue weighted by molar-refractivity contribution is 5.70. The third kappa shape index (κ3) is 2.72. The van der Waals surface area contributed by atoms with Gasteiger partial charge in [0.05, 0.1) is 13.1 Å². The van der Waals surface area contributed by atoms with Crippen LogP contribution in [0.1, 0.15) is 18.4 Å². The van der Waals surface area contributed by atoms with Crippen LogP contribution in [0.5, 0.6) is 5.75 Å². The molecule has 2 unspecified atom stereocenters. The molecular weight excluding hydrogens is 256 g/mol. The Hall–Kier alpha value is -1.75. The second kappa shape index (κ2) is 5.71. The maximum absolute atomic E-state index is 11.9.